The summed E-state index contributed by atoms with van der Waals surface area (Å²) in [6.45, 7) is 3.27. The monoisotopic (exact) mass is 380 g/mol. The molecule has 0 unspecified atom stereocenters. The normalized spacial score (nSPS) is 13.0. The van der Waals surface area contributed by atoms with Crippen molar-refractivity contribution in [2.75, 3.05) is 0 Å². The molecule has 0 fully saturated rings. The zero-order valence-corrected chi connectivity index (χ0v) is 14.5. The van der Waals surface area contributed by atoms with Gasteiger partial charge in [0.25, 0.3) is 5.56 Å². The maximum atomic E-state index is 12.2. The van der Waals surface area contributed by atoms with Crippen molar-refractivity contribution >= 4 is 45.4 Å². The van der Waals surface area contributed by atoms with Crippen molar-refractivity contribution in [1.29, 1.82) is 0 Å². The first-order chi connectivity index (χ1) is 10.4. The number of hydrogen-bond donors (Lipinski definition) is 4. The predicted octanol–water partition coefficient (Wildman–Crippen LogP) is 0.671. The summed E-state index contributed by atoms with van der Waals surface area (Å²) in [6.07, 6.45) is 0. The van der Waals surface area contributed by atoms with Gasteiger partial charge in [0.2, 0.25) is 10.0 Å². The Kier molecular flexibility index (Phi) is 4.74. The minimum Gasteiger partial charge on any atom is -0.321 e. The number of halogens is 1. The quantitative estimate of drug-likeness (QED) is 0.575. The Labute approximate surface area is 136 Å². The maximum Gasteiger partial charge on any atom is 0.361 e. The molecule has 0 aliphatic rings. The number of aromatic amines is 1. The van der Waals surface area contributed by atoms with Crippen molar-refractivity contribution in [2.45, 2.75) is 24.8 Å². The maximum absolute atomic E-state index is 12.2. The molecule has 1 heterocycles. The molecule has 0 spiro atoms. The molecule has 23 heavy (non-hydrogen) atoms. The van der Waals surface area contributed by atoms with Crippen molar-refractivity contribution in [3.8, 4) is 0 Å². The number of pyridine rings is 1. The van der Waals surface area contributed by atoms with Crippen molar-refractivity contribution in [3.63, 3.8) is 0 Å². The van der Waals surface area contributed by atoms with E-state index in [9.17, 15) is 17.8 Å². The van der Waals surface area contributed by atoms with Crippen LogP contribution in [0.5, 0.6) is 0 Å². The highest BCUT2D eigenvalue weighted by Crippen LogP contribution is 2.33. The first-order valence-electron chi connectivity index (χ1n) is 6.37. The second kappa shape index (κ2) is 6.01. The zero-order chi connectivity index (χ0) is 17.6. The molecule has 126 valence electrons. The molecular weight excluding hydrogens is 367 g/mol. The minimum absolute atomic E-state index is 0.120. The highest BCUT2D eigenvalue weighted by molar-refractivity contribution is 7.89. The molecule has 0 radical (unpaired) electrons. The van der Waals surface area contributed by atoms with Gasteiger partial charge in [-0.1, -0.05) is 11.6 Å². The van der Waals surface area contributed by atoms with Crippen molar-refractivity contribution in [2.24, 2.45) is 0 Å². The summed E-state index contributed by atoms with van der Waals surface area (Å²) in [5.74, 6) is 0. The van der Waals surface area contributed by atoms with E-state index in [0.717, 1.165) is 12.1 Å². The minimum atomic E-state index is -4.79. The molecule has 11 heteroatoms. The highest BCUT2D eigenvalue weighted by atomic mass is 35.5. The number of sulfonamides is 1. The second-order valence-electron chi connectivity index (χ2n) is 5.17. The largest absolute Gasteiger partial charge is 0.361 e. The SMILES string of the molecule is CC(C)NS(=O)(=O)c1cc2cc(P(=O)(O)O)c(=O)[nH]c2cc1Cl. The van der Waals surface area contributed by atoms with Crippen LogP contribution in [0, 0.1) is 0 Å². The standard InChI is InChI=1S/C12H14ClN2O6PS/c1-6(2)15-23(20,21)11-4-7-3-10(22(17,18)19)12(16)14-9(7)5-8(11)13/h3-6,15H,1-2H3,(H,14,16)(H2,17,18,19). The van der Waals surface area contributed by atoms with E-state index in [-0.39, 0.29) is 26.9 Å². The first kappa shape index (κ1) is 18.1. The fourth-order valence-electron chi connectivity index (χ4n) is 1.99. The number of fused-ring (bicyclic) bond motifs is 1. The molecule has 2 aromatic rings. The lowest BCUT2D eigenvalue weighted by molar-refractivity contribution is 0.387. The van der Waals surface area contributed by atoms with Crippen LogP contribution in [0.2, 0.25) is 5.02 Å². The van der Waals surface area contributed by atoms with Gasteiger partial charge in [0.15, 0.2) is 0 Å². The topological polar surface area (TPSA) is 137 Å². The number of rotatable bonds is 4. The van der Waals surface area contributed by atoms with Gasteiger partial charge < -0.3 is 14.8 Å². The summed E-state index contributed by atoms with van der Waals surface area (Å²) < 4.78 is 38.1. The number of benzene rings is 1. The fraction of sp³-hybridized carbons (Fsp3) is 0.250. The van der Waals surface area contributed by atoms with E-state index < -0.39 is 28.5 Å². The van der Waals surface area contributed by atoms with E-state index in [4.69, 9.17) is 21.4 Å². The lowest BCUT2D eigenvalue weighted by Crippen LogP contribution is -2.30. The van der Waals surface area contributed by atoms with Crippen LogP contribution in [-0.4, -0.2) is 29.2 Å². The van der Waals surface area contributed by atoms with E-state index in [2.05, 4.69) is 9.71 Å². The summed E-state index contributed by atoms with van der Waals surface area (Å²) in [4.78, 5) is 32.1. The van der Waals surface area contributed by atoms with Crippen LogP contribution in [0.3, 0.4) is 0 Å². The first-order valence-corrected chi connectivity index (χ1v) is 9.84. The Balaban J connectivity index is 2.76. The molecule has 0 aliphatic carbocycles. The molecule has 0 aliphatic heterocycles. The number of H-pyrrole nitrogens is 1. The van der Waals surface area contributed by atoms with Gasteiger partial charge >= 0.3 is 7.60 Å². The summed E-state index contributed by atoms with van der Waals surface area (Å²) in [5.41, 5.74) is -0.793. The Morgan fingerprint density at radius 1 is 1.26 bits per heavy atom. The molecule has 2 rings (SSSR count). The number of aromatic nitrogens is 1. The van der Waals surface area contributed by atoms with Gasteiger partial charge in [0.1, 0.15) is 10.2 Å². The summed E-state index contributed by atoms with van der Waals surface area (Å²) in [5, 5.41) is -0.728. The van der Waals surface area contributed by atoms with Crippen LogP contribution in [0.1, 0.15) is 13.8 Å². The van der Waals surface area contributed by atoms with Crippen molar-refractivity contribution < 1.29 is 22.8 Å². The van der Waals surface area contributed by atoms with Crippen LogP contribution in [0.4, 0.5) is 0 Å². The van der Waals surface area contributed by atoms with Crippen LogP contribution in [0.15, 0.2) is 27.9 Å². The summed E-state index contributed by atoms with van der Waals surface area (Å²) in [6, 6.07) is 2.96. The van der Waals surface area contributed by atoms with Gasteiger partial charge in [-0.3, -0.25) is 9.36 Å². The third-order valence-electron chi connectivity index (χ3n) is 2.87. The average molecular weight is 381 g/mol. The molecule has 0 amide bonds. The molecular formula is C12H14ClN2O6PS. The second-order valence-corrected chi connectivity index (χ2v) is 8.83. The molecule has 0 saturated carbocycles. The predicted molar refractivity (Wildman–Crippen MR) is 86.7 cm³/mol. The number of nitrogens with one attached hydrogen (secondary N) is 2. The fourth-order valence-corrected chi connectivity index (χ4v) is 4.43. The average Bonchev–Trinajstić information content (AvgIpc) is 2.33. The van der Waals surface area contributed by atoms with Crippen LogP contribution >= 0.6 is 19.2 Å². The number of hydrogen-bond acceptors (Lipinski definition) is 4. The van der Waals surface area contributed by atoms with E-state index in [1.54, 1.807) is 13.8 Å². The molecule has 8 nitrogen and oxygen atoms in total. The van der Waals surface area contributed by atoms with E-state index in [1.807, 2.05) is 0 Å². The van der Waals surface area contributed by atoms with E-state index in [1.165, 1.54) is 6.07 Å². The summed E-state index contributed by atoms with van der Waals surface area (Å²) in [7, 11) is -8.70. The van der Waals surface area contributed by atoms with Crippen molar-refractivity contribution in [1.82, 2.24) is 9.71 Å². The van der Waals surface area contributed by atoms with Gasteiger partial charge in [0, 0.05) is 16.9 Å². The van der Waals surface area contributed by atoms with Crippen LogP contribution in [-0.2, 0) is 14.6 Å². The summed E-state index contributed by atoms with van der Waals surface area (Å²) >= 11 is 5.96. The van der Waals surface area contributed by atoms with Crippen LogP contribution in [0.25, 0.3) is 10.9 Å². The molecule has 1 aromatic heterocycles. The van der Waals surface area contributed by atoms with Gasteiger partial charge in [0.05, 0.1) is 5.02 Å². The third-order valence-corrected chi connectivity index (χ3v) is 5.95. The zero-order valence-electron chi connectivity index (χ0n) is 12.1. The smallest absolute Gasteiger partial charge is 0.321 e. The molecule has 4 N–H and O–H groups in total. The van der Waals surface area contributed by atoms with E-state index >= 15 is 0 Å². The molecule has 0 saturated heterocycles. The lowest BCUT2D eigenvalue weighted by atomic mass is 10.2. The Bertz CT molecular complexity index is 979. The Hall–Kier alpha value is -1.22. The van der Waals surface area contributed by atoms with Gasteiger partial charge in [-0.25, -0.2) is 13.1 Å². The van der Waals surface area contributed by atoms with E-state index in [0.29, 0.717) is 0 Å². The van der Waals surface area contributed by atoms with Gasteiger partial charge in [-0.05, 0) is 32.0 Å². The molecule has 0 bridgehead atoms. The lowest BCUT2D eigenvalue weighted by Gasteiger charge is -2.12. The Morgan fingerprint density at radius 3 is 2.39 bits per heavy atom. The van der Waals surface area contributed by atoms with Gasteiger partial charge in [-0.2, -0.15) is 0 Å². The van der Waals surface area contributed by atoms with Gasteiger partial charge in [-0.15, -0.1) is 0 Å². The van der Waals surface area contributed by atoms with Crippen molar-refractivity contribution in [3.05, 3.63) is 33.6 Å². The van der Waals surface area contributed by atoms with Crippen LogP contribution < -0.4 is 15.6 Å². The highest BCUT2D eigenvalue weighted by Gasteiger charge is 2.24. The third kappa shape index (κ3) is 3.82. The Morgan fingerprint density at radius 2 is 1.87 bits per heavy atom. The molecule has 1 aromatic carbocycles. The molecule has 0 atom stereocenters.